The van der Waals surface area contributed by atoms with Gasteiger partial charge >= 0.3 is 0 Å². The maximum absolute atomic E-state index is 4.38. The van der Waals surface area contributed by atoms with Gasteiger partial charge in [-0.2, -0.15) is 0 Å². The molecule has 1 aromatic carbocycles. The molecule has 0 fully saturated rings. The van der Waals surface area contributed by atoms with Crippen molar-refractivity contribution in [1.82, 2.24) is 14.9 Å². The third-order valence-electron chi connectivity index (χ3n) is 2.64. The van der Waals surface area contributed by atoms with Gasteiger partial charge in [0.15, 0.2) is 0 Å². The van der Waals surface area contributed by atoms with Gasteiger partial charge in [-0.05, 0) is 41.0 Å². The summed E-state index contributed by atoms with van der Waals surface area (Å²) in [5, 5.41) is 3.27. The molecule has 1 heterocycles. The fourth-order valence-corrected chi connectivity index (χ4v) is 2.14. The summed E-state index contributed by atoms with van der Waals surface area (Å²) < 4.78 is 3.16. The molecule has 0 radical (unpaired) electrons. The van der Waals surface area contributed by atoms with Gasteiger partial charge in [0.1, 0.15) is 0 Å². The summed E-state index contributed by atoms with van der Waals surface area (Å²) in [7, 11) is 0. The average molecular weight is 294 g/mol. The first kappa shape index (κ1) is 12.3. The van der Waals surface area contributed by atoms with E-state index in [1.54, 1.807) is 0 Å². The van der Waals surface area contributed by atoms with Crippen molar-refractivity contribution in [3.05, 3.63) is 46.5 Å². The Kier molecular flexibility index (Phi) is 3.97. The third-order valence-corrected chi connectivity index (χ3v) is 3.67. The van der Waals surface area contributed by atoms with Crippen molar-refractivity contribution in [1.29, 1.82) is 0 Å². The fraction of sp³-hybridized carbons (Fsp3) is 0.308. The van der Waals surface area contributed by atoms with Crippen LogP contribution in [0.1, 0.15) is 18.2 Å². The minimum Gasteiger partial charge on any atom is -0.311 e. The van der Waals surface area contributed by atoms with Gasteiger partial charge in [-0.15, -0.1) is 0 Å². The Hall–Kier alpha value is -1.13. The van der Waals surface area contributed by atoms with Gasteiger partial charge in [0.2, 0.25) is 0 Å². The van der Waals surface area contributed by atoms with E-state index in [1.165, 1.54) is 5.56 Å². The van der Waals surface area contributed by atoms with E-state index in [0.29, 0.717) is 0 Å². The number of halogens is 1. The van der Waals surface area contributed by atoms with Crippen LogP contribution in [0.15, 0.2) is 35.2 Å². The van der Waals surface area contributed by atoms with E-state index in [2.05, 4.69) is 64.5 Å². The molecule has 0 amide bonds. The van der Waals surface area contributed by atoms with Crippen LogP contribution in [-0.2, 0) is 6.54 Å². The first-order valence-electron chi connectivity index (χ1n) is 5.71. The first-order chi connectivity index (χ1) is 8.22. The molecule has 2 rings (SSSR count). The summed E-state index contributed by atoms with van der Waals surface area (Å²) in [4.78, 5) is 4.38. The quantitative estimate of drug-likeness (QED) is 0.939. The molecule has 0 atom stereocenters. The molecule has 0 saturated heterocycles. The zero-order valence-electron chi connectivity index (χ0n) is 10.1. The van der Waals surface area contributed by atoms with Gasteiger partial charge < -0.3 is 9.88 Å². The highest BCUT2D eigenvalue weighted by Gasteiger charge is 2.05. The number of aryl methyl sites for hydroxylation is 1. The Morgan fingerprint density at radius 2 is 2.24 bits per heavy atom. The summed E-state index contributed by atoms with van der Waals surface area (Å²) in [6.45, 7) is 5.95. The van der Waals surface area contributed by atoms with Crippen molar-refractivity contribution in [2.24, 2.45) is 0 Å². The normalized spacial score (nSPS) is 10.8. The van der Waals surface area contributed by atoms with Gasteiger partial charge in [-0.25, -0.2) is 4.98 Å². The van der Waals surface area contributed by atoms with Crippen molar-refractivity contribution in [3.63, 3.8) is 0 Å². The smallest absolute Gasteiger partial charge is 0.0996 e. The molecule has 17 heavy (non-hydrogen) atoms. The summed E-state index contributed by atoms with van der Waals surface area (Å²) in [6.07, 6.45) is 3.91. The van der Waals surface area contributed by atoms with Crippen LogP contribution in [0.3, 0.4) is 0 Å². The van der Waals surface area contributed by atoms with E-state index >= 15 is 0 Å². The minimum absolute atomic E-state index is 0.812. The molecule has 0 unspecified atom stereocenters. The largest absolute Gasteiger partial charge is 0.311 e. The molecule has 90 valence electrons. The molecule has 0 saturated carbocycles. The lowest BCUT2D eigenvalue weighted by Gasteiger charge is -2.07. The summed E-state index contributed by atoms with van der Waals surface area (Å²) >= 11 is 3.61. The molecule has 0 bridgehead atoms. The molecule has 1 N–H and O–H groups in total. The van der Waals surface area contributed by atoms with Crippen LogP contribution in [0.5, 0.6) is 0 Å². The van der Waals surface area contributed by atoms with Crippen LogP contribution >= 0.6 is 15.9 Å². The van der Waals surface area contributed by atoms with Crippen LogP contribution < -0.4 is 5.32 Å². The standard InChI is InChI=1S/C13H16BrN3/c1-3-15-7-11-8-17(9-16-11)12-6-4-5-10(2)13(12)14/h4-6,8-9,15H,3,7H2,1-2H3. The Bertz CT molecular complexity index is 505. The maximum Gasteiger partial charge on any atom is 0.0996 e. The minimum atomic E-state index is 0.812. The number of nitrogens with zero attached hydrogens (tertiary/aromatic N) is 2. The van der Waals surface area contributed by atoms with E-state index in [9.17, 15) is 0 Å². The average Bonchev–Trinajstić information content (AvgIpc) is 2.78. The van der Waals surface area contributed by atoms with Gasteiger partial charge in [-0.1, -0.05) is 19.1 Å². The van der Waals surface area contributed by atoms with Crippen LogP contribution in [-0.4, -0.2) is 16.1 Å². The van der Waals surface area contributed by atoms with Crippen molar-refractivity contribution in [2.75, 3.05) is 6.54 Å². The van der Waals surface area contributed by atoms with Gasteiger partial charge in [0.05, 0.1) is 17.7 Å². The number of hydrogen-bond donors (Lipinski definition) is 1. The van der Waals surface area contributed by atoms with Crippen molar-refractivity contribution in [3.8, 4) is 5.69 Å². The maximum atomic E-state index is 4.38. The molecular weight excluding hydrogens is 278 g/mol. The Labute approximate surface area is 110 Å². The summed E-state index contributed by atoms with van der Waals surface area (Å²) in [6, 6.07) is 6.22. The number of rotatable bonds is 4. The van der Waals surface area contributed by atoms with E-state index in [-0.39, 0.29) is 0 Å². The van der Waals surface area contributed by atoms with Crippen LogP contribution in [0.4, 0.5) is 0 Å². The topological polar surface area (TPSA) is 29.9 Å². The predicted octanol–water partition coefficient (Wildman–Crippen LogP) is 3.05. The molecule has 1 aromatic heterocycles. The van der Waals surface area contributed by atoms with Gasteiger partial charge in [0.25, 0.3) is 0 Å². The third kappa shape index (κ3) is 2.76. The monoisotopic (exact) mass is 293 g/mol. The molecule has 0 aliphatic rings. The second-order valence-electron chi connectivity index (χ2n) is 3.96. The van der Waals surface area contributed by atoms with Gasteiger partial charge in [-0.3, -0.25) is 0 Å². The zero-order chi connectivity index (χ0) is 12.3. The molecule has 4 heteroatoms. The highest BCUT2D eigenvalue weighted by atomic mass is 79.9. The van der Waals surface area contributed by atoms with Crippen molar-refractivity contribution < 1.29 is 0 Å². The molecule has 0 spiro atoms. The van der Waals surface area contributed by atoms with Crippen LogP contribution in [0.2, 0.25) is 0 Å². The Morgan fingerprint density at radius 3 is 3.00 bits per heavy atom. The lowest BCUT2D eigenvalue weighted by Crippen LogP contribution is -2.11. The van der Waals surface area contributed by atoms with Gasteiger partial charge in [0, 0.05) is 17.2 Å². The molecule has 0 aliphatic heterocycles. The second-order valence-corrected chi connectivity index (χ2v) is 4.75. The lowest BCUT2D eigenvalue weighted by molar-refractivity contribution is 0.713. The van der Waals surface area contributed by atoms with E-state index < -0.39 is 0 Å². The number of imidazole rings is 1. The molecule has 0 aliphatic carbocycles. The van der Waals surface area contributed by atoms with Crippen molar-refractivity contribution >= 4 is 15.9 Å². The first-order valence-corrected chi connectivity index (χ1v) is 6.50. The van der Waals surface area contributed by atoms with Crippen molar-refractivity contribution in [2.45, 2.75) is 20.4 Å². The second kappa shape index (κ2) is 5.47. The number of benzene rings is 1. The summed E-state index contributed by atoms with van der Waals surface area (Å²) in [5.74, 6) is 0. The van der Waals surface area contributed by atoms with E-state index in [1.807, 2.05) is 10.9 Å². The van der Waals surface area contributed by atoms with Crippen LogP contribution in [0, 0.1) is 6.92 Å². The van der Waals surface area contributed by atoms with Crippen LogP contribution in [0.25, 0.3) is 5.69 Å². The Morgan fingerprint density at radius 1 is 1.41 bits per heavy atom. The fourth-order valence-electron chi connectivity index (χ4n) is 1.67. The predicted molar refractivity (Wildman–Crippen MR) is 73.4 cm³/mol. The zero-order valence-corrected chi connectivity index (χ0v) is 11.7. The Balaban J connectivity index is 2.27. The molecule has 2 aromatic rings. The number of hydrogen-bond acceptors (Lipinski definition) is 2. The summed E-state index contributed by atoms with van der Waals surface area (Å²) in [5.41, 5.74) is 3.41. The molecular formula is C13H16BrN3. The SMILES string of the molecule is CCNCc1cn(-c2cccc(C)c2Br)cn1. The van der Waals surface area contributed by atoms with E-state index in [0.717, 1.165) is 28.9 Å². The highest BCUT2D eigenvalue weighted by Crippen LogP contribution is 2.24. The van der Waals surface area contributed by atoms with E-state index in [4.69, 9.17) is 0 Å². The molecule has 3 nitrogen and oxygen atoms in total. The highest BCUT2D eigenvalue weighted by molar-refractivity contribution is 9.10. The number of aromatic nitrogens is 2. The number of nitrogens with one attached hydrogen (secondary N) is 1. The lowest BCUT2D eigenvalue weighted by atomic mass is 10.2.